The maximum atomic E-state index is 13.6. The van der Waals surface area contributed by atoms with Gasteiger partial charge in [-0.05, 0) is 31.5 Å². The van der Waals surface area contributed by atoms with E-state index in [-0.39, 0.29) is 17.2 Å². The number of para-hydroxylation sites is 1. The van der Waals surface area contributed by atoms with Crippen LogP contribution in [0.4, 0.5) is 4.39 Å². The molecule has 0 bridgehead atoms. The molecule has 0 aromatic heterocycles. The van der Waals surface area contributed by atoms with Crippen LogP contribution in [0.5, 0.6) is 11.5 Å². The zero-order valence-corrected chi connectivity index (χ0v) is 8.96. The first-order valence-electron chi connectivity index (χ1n) is 5.60. The molecule has 1 unspecified atom stereocenters. The maximum absolute atomic E-state index is 13.6. The van der Waals surface area contributed by atoms with E-state index in [9.17, 15) is 4.39 Å². The van der Waals surface area contributed by atoms with Crippen LogP contribution >= 0.6 is 0 Å². The highest BCUT2D eigenvalue weighted by Crippen LogP contribution is 2.39. The van der Waals surface area contributed by atoms with Crippen LogP contribution in [0.2, 0.25) is 0 Å². The fourth-order valence-electron chi connectivity index (χ4n) is 2.31. The first-order valence-corrected chi connectivity index (χ1v) is 5.60. The van der Waals surface area contributed by atoms with Gasteiger partial charge in [-0.1, -0.05) is 6.07 Å². The number of hydrogen-bond donors (Lipinski definition) is 1. The maximum Gasteiger partial charge on any atom is 0.197 e. The molecule has 0 radical (unpaired) electrons. The predicted octanol–water partition coefficient (Wildman–Crippen LogP) is 1.72. The first-order chi connectivity index (χ1) is 7.79. The molecule has 16 heavy (non-hydrogen) atoms. The smallest absolute Gasteiger partial charge is 0.197 e. The largest absolute Gasteiger partial charge is 0.485 e. The van der Waals surface area contributed by atoms with E-state index >= 15 is 0 Å². The van der Waals surface area contributed by atoms with Gasteiger partial charge >= 0.3 is 0 Å². The number of halogens is 1. The second-order valence-electron chi connectivity index (χ2n) is 4.42. The minimum atomic E-state index is -0.382. The molecular weight excluding hydrogens is 209 g/mol. The molecule has 1 atom stereocenters. The highest BCUT2D eigenvalue weighted by Gasteiger charge is 2.40. The standard InChI is InChI=1S/C12H14FNO2/c13-9-3-1-4-10-11(9)16-12(8-15-10)5-2-6-14-7-12/h1,3-4,14H,2,5-8H2. The summed E-state index contributed by atoms with van der Waals surface area (Å²) >= 11 is 0. The van der Waals surface area contributed by atoms with Crippen LogP contribution in [0.1, 0.15) is 12.8 Å². The number of piperidine rings is 1. The average molecular weight is 223 g/mol. The van der Waals surface area contributed by atoms with E-state index in [1.54, 1.807) is 12.1 Å². The molecule has 1 spiro atoms. The molecule has 1 aromatic rings. The highest BCUT2D eigenvalue weighted by atomic mass is 19.1. The van der Waals surface area contributed by atoms with Crippen molar-refractivity contribution in [3.05, 3.63) is 24.0 Å². The number of benzene rings is 1. The third kappa shape index (κ3) is 1.53. The molecule has 3 rings (SSSR count). The minimum Gasteiger partial charge on any atom is -0.485 e. The Morgan fingerprint density at radius 3 is 3.12 bits per heavy atom. The topological polar surface area (TPSA) is 30.5 Å². The highest BCUT2D eigenvalue weighted by molar-refractivity contribution is 5.43. The molecule has 1 aromatic carbocycles. The lowest BCUT2D eigenvalue weighted by molar-refractivity contribution is -0.0283. The van der Waals surface area contributed by atoms with Crippen LogP contribution in [-0.2, 0) is 0 Å². The molecular formula is C12H14FNO2. The SMILES string of the molecule is Fc1cccc2c1OC1(CCCNC1)CO2. The van der Waals surface area contributed by atoms with Crippen LogP contribution < -0.4 is 14.8 Å². The van der Waals surface area contributed by atoms with E-state index in [2.05, 4.69) is 5.32 Å². The predicted molar refractivity (Wildman–Crippen MR) is 57.4 cm³/mol. The van der Waals surface area contributed by atoms with E-state index in [0.717, 1.165) is 25.9 Å². The number of fused-ring (bicyclic) bond motifs is 1. The molecule has 1 saturated heterocycles. The van der Waals surface area contributed by atoms with E-state index in [4.69, 9.17) is 9.47 Å². The number of hydrogen-bond acceptors (Lipinski definition) is 3. The summed E-state index contributed by atoms with van der Waals surface area (Å²) in [6.07, 6.45) is 1.95. The first kappa shape index (κ1) is 9.90. The van der Waals surface area contributed by atoms with E-state index in [1.165, 1.54) is 6.07 Å². The van der Waals surface area contributed by atoms with Crippen molar-refractivity contribution >= 4 is 0 Å². The summed E-state index contributed by atoms with van der Waals surface area (Å²) < 4.78 is 25.0. The van der Waals surface area contributed by atoms with Crippen molar-refractivity contribution in [2.45, 2.75) is 18.4 Å². The zero-order chi connectivity index (χ0) is 11.0. The van der Waals surface area contributed by atoms with Gasteiger partial charge in [-0.15, -0.1) is 0 Å². The molecule has 1 N–H and O–H groups in total. The summed E-state index contributed by atoms with van der Waals surface area (Å²) in [5.74, 6) is 0.427. The molecule has 1 fully saturated rings. The molecule has 2 aliphatic rings. The van der Waals surface area contributed by atoms with Gasteiger partial charge in [-0.3, -0.25) is 0 Å². The Balaban J connectivity index is 1.92. The molecule has 2 aliphatic heterocycles. The van der Waals surface area contributed by atoms with Gasteiger partial charge in [0, 0.05) is 6.54 Å². The van der Waals surface area contributed by atoms with Gasteiger partial charge in [0.05, 0.1) is 0 Å². The van der Waals surface area contributed by atoms with Gasteiger partial charge < -0.3 is 14.8 Å². The molecule has 0 aliphatic carbocycles. The van der Waals surface area contributed by atoms with Crippen LogP contribution in [0.25, 0.3) is 0 Å². The van der Waals surface area contributed by atoms with Crippen molar-refractivity contribution in [3.8, 4) is 11.5 Å². The van der Waals surface area contributed by atoms with E-state index in [1.807, 2.05) is 0 Å². The lowest BCUT2D eigenvalue weighted by atomic mass is 9.94. The molecule has 4 heteroatoms. The van der Waals surface area contributed by atoms with Gasteiger partial charge in [-0.25, -0.2) is 4.39 Å². The molecule has 3 nitrogen and oxygen atoms in total. The van der Waals surface area contributed by atoms with Crippen molar-refractivity contribution in [2.24, 2.45) is 0 Å². The van der Waals surface area contributed by atoms with Gasteiger partial charge in [0.25, 0.3) is 0 Å². The van der Waals surface area contributed by atoms with Crippen LogP contribution in [0.3, 0.4) is 0 Å². The third-order valence-electron chi connectivity index (χ3n) is 3.17. The monoisotopic (exact) mass is 223 g/mol. The Hall–Kier alpha value is -1.29. The summed E-state index contributed by atoms with van der Waals surface area (Å²) in [5.41, 5.74) is -0.382. The van der Waals surface area contributed by atoms with Crippen molar-refractivity contribution in [1.82, 2.24) is 5.32 Å². The molecule has 2 heterocycles. The van der Waals surface area contributed by atoms with Gasteiger partial charge in [0.2, 0.25) is 0 Å². The number of rotatable bonds is 0. The lowest BCUT2D eigenvalue weighted by Gasteiger charge is -2.41. The Morgan fingerprint density at radius 2 is 2.31 bits per heavy atom. The molecule has 86 valence electrons. The zero-order valence-electron chi connectivity index (χ0n) is 8.96. The van der Waals surface area contributed by atoms with Crippen molar-refractivity contribution in [2.75, 3.05) is 19.7 Å². The third-order valence-corrected chi connectivity index (χ3v) is 3.17. The van der Waals surface area contributed by atoms with Crippen molar-refractivity contribution < 1.29 is 13.9 Å². The van der Waals surface area contributed by atoms with Gasteiger partial charge in [0.15, 0.2) is 22.9 Å². The summed E-state index contributed by atoms with van der Waals surface area (Å²) in [7, 11) is 0. The Kier molecular flexibility index (Phi) is 2.24. The molecule has 0 saturated carbocycles. The minimum absolute atomic E-state index is 0.262. The number of nitrogens with one attached hydrogen (secondary N) is 1. The Labute approximate surface area is 93.6 Å². The summed E-state index contributed by atoms with van der Waals surface area (Å²) in [5, 5.41) is 3.27. The fourth-order valence-corrected chi connectivity index (χ4v) is 2.31. The lowest BCUT2D eigenvalue weighted by Crippen LogP contribution is -2.55. The summed E-state index contributed by atoms with van der Waals surface area (Å²) in [6.45, 7) is 2.21. The van der Waals surface area contributed by atoms with Crippen LogP contribution in [0, 0.1) is 5.82 Å². The van der Waals surface area contributed by atoms with Crippen LogP contribution in [0.15, 0.2) is 18.2 Å². The van der Waals surface area contributed by atoms with Gasteiger partial charge in [-0.2, -0.15) is 0 Å². The Morgan fingerprint density at radius 1 is 1.38 bits per heavy atom. The average Bonchev–Trinajstić information content (AvgIpc) is 2.32. The van der Waals surface area contributed by atoms with Gasteiger partial charge in [0.1, 0.15) is 6.61 Å². The normalized spacial score (nSPS) is 28.1. The molecule has 0 amide bonds. The number of ether oxygens (including phenoxy) is 2. The van der Waals surface area contributed by atoms with Crippen molar-refractivity contribution in [1.29, 1.82) is 0 Å². The summed E-state index contributed by atoms with van der Waals surface area (Å²) in [6, 6.07) is 4.77. The van der Waals surface area contributed by atoms with E-state index < -0.39 is 0 Å². The summed E-state index contributed by atoms with van der Waals surface area (Å²) in [4.78, 5) is 0. The van der Waals surface area contributed by atoms with E-state index in [0.29, 0.717) is 12.4 Å². The second kappa shape index (κ2) is 3.63. The van der Waals surface area contributed by atoms with Crippen LogP contribution in [-0.4, -0.2) is 25.3 Å². The van der Waals surface area contributed by atoms with Crippen molar-refractivity contribution in [3.63, 3.8) is 0 Å². The fraction of sp³-hybridized carbons (Fsp3) is 0.500. The Bertz CT molecular complexity index is 402. The quantitative estimate of drug-likeness (QED) is 0.726. The second-order valence-corrected chi connectivity index (χ2v) is 4.42.